The molecule has 94 valence electrons. The molecule has 0 saturated heterocycles. The molecule has 5 heteroatoms. The number of carbonyl (C=O) groups excluding carboxylic acids is 1. The molecule has 3 N–H and O–H groups in total. The minimum atomic E-state index is -1.61. The summed E-state index contributed by atoms with van der Waals surface area (Å²) in [6.07, 6.45) is -0.118. The van der Waals surface area contributed by atoms with Crippen LogP contribution in [-0.2, 0) is 9.59 Å². The second kappa shape index (κ2) is 4.82. The van der Waals surface area contributed by atoms with Gasteiger partial charge in [-0.2, -0.15) is 0 Å². The Hall–Kier alpha value is -1.10. The fraction of sp³-hybridized carbons (Fsp3) is 0.818. The number of aliphatic carboxylic acids is 1. The van der Waals surface area contributed by atoms with Gasteiger partial charge in [-0.05, 0) is 19.8 Å². The molecular weight excluding hydrogens is 210 g/mol. The number of nitrogens with one attached hydrogen (secondary N) is 1. The number of hydrogen-bond donors (Lipinski definition) is 3. The van der Waals surface area contributed by atoms with Crippen molar-refractivity contribution in [3.63, 3.8) is 0 Å². The molecule has 2 atom stereocenters. The molecule has 0 aromatic heterocycles. The molecule has 0 aromatic rings. The molecule has 1 amide bonds. The van der Waals surface area contributed by atoms with Crippen LogP contribution in [0, 0.1) is 11.3 Å². The lowest BCUT2D eigenvalue weighted by Gasteiger charge is -2.34. The normalized spacial score (nSPS) is 18.7. The SMILES string of the molecule is CNC(=O)C(C)(CC(C)(O)C(C)C)C(=O)O. The molecule has 0 aliphatic carbocycles. The predicted octanol–water partition coefficient (Wildman–Crippen LogP) is 0.620. The summed E-state index contributed by atoms with van der Waals surface area (Å²) in [4.78, 5) is 22.7. The van der Waals surface area contributed by atoms with Gasteiger partial charge in [0.2, 0.25) is 5.91 Å². The van der Waals surface area contributed by atoms with Gasteiger partial charge in [-0.25, -0.2) is 0 Å². The van der Waals surface area contributed by atoms with Crippen LogP contribution in [0.4, 0.5) is 0 Å². The van der Waals surface area contributed by atoms with Gasteiger partial charge in [0.25, 0.3) is 0 Å². The number of hydrogen-bond acceptors (Lipinski definition) is 3. The van der Waals surface area contributed by atoms with Gasteiger partial charge in [0.05, 0.1) is 5.60 Å². The van der Waals surface area contributed by atoms with E-state index in [1.165, 1.54) is 14.0 Å². The Kier molecular flexibility index (Phi) is 4.49. The van der Waals surface area contributed by atoms with Crippen molar-refractivity contribution in [2.45, 2.75) is 39.7 Å². The van der Waals surface area contributed by atoms with Crippen LogP contribution in [-0.4, -0.2) is 34.7 Å². The fourth-order valence-corrected chi connectivity index (χ4v) is 1.45. The highest BCUT2D eigenvalue weighted by Crippen LogP contribution is 2.33. The van der Waals surface area contributed by atoms with Crippen molar-refractivity contribution >= 4 is 11.9 Å². The molecule has 0 fully saturated rings. The van der Waals surface area contributed by atoms with Gasteiger partial charge >= 0.3 is 5.97 Å². The number of rotatable bonds is 5. The summed E-state index contributed by atoms with van der Waals surface area (Å²) in [5.74, 6) is -1.95. The summed E-state index contributed by atoms with van der Waals surface area (Å²) in [6.45, 7) is 6.44. The molecule has 0 spiro atoms. The number of carboxylic acid groups (broad SMARTS) is 1. The summed E-state index contributed by atoms with van der Waals surface area (Å²) >= 11 is 0. The van der Waals surface area contributed by atoms with Gasteiger partial charge in [-0.15, -0.1) is 0 Å². The first-order valence-electron chi connectivity index (χ1n) is 5.26. The van der Waals surface area contributed by atoms with E-state index < -0.39 is 22.9 Å². The van der Waals surface area contributed by atoms with E-state index >= 15 is 0 Å². The molecule has 0 rings (SSSR count). The Morgan fingerprint density at radius 2 is 1.75 bits per heavy atom. The van der Waals surface area contributed by atoms with Gasteiger partial charge in [-0.3, -0.25) is 9.59 Å². The topological polar surface area (TPSA) is 86.6 Å². The van der Waals surface area contributed by atoms with E-state index in [-0.39, 0.29) is 12.3 Å². The van der Waals surface area contributed by atoms with E-state index in [1.807, 2.05) is 0 Å². The highest BCUT2D eigenvalue weighted by atomic mass is 16.4. The minimum absolute atomic E-state index is 0.118. The molecule has 0 aromatic carbocycles. The van der Waals surface area contributed by atoms with Crippen LogP contribution >= 0.6 is 0 Å². The largest absolute Gasteiger partial charge is 0.480 e. The highest BCUT2D eigenvalue weighted by molar-refractivity contribution is 6.01. The quantitative estimate of drug-likeness (QED) is 0.605. The van der Waals surface area contributed by atoms with Crippen molar-refractivity contribution in [1.29, 1.82) is 0 Å². The lowest BCUT2D eigenvalue weighted by Crippen LogP contribution is -2.49. The number of aliphatic hydroxyl groups is 1. The van der Waals surface area contributed by atoms with Gasteiger partial charge in [0, 0.05) is 13.5 Å². The van der Waals surface area contributed by atoms with Crippen molar-refractivity contribution in [3.8, 4) is 0 Å². The molecule has 0 saturated carbocycles. The van der Waals surface area contributed by atoms with Crippen molar-refractivity contribution in [2.24, 2.45) is 11.3 Å². The van der Waals surface area contributed by atoms with Crippen LogP contribution in [0.25, 0.3) is 0 Å². The number of amides is 1. The summed E-state index contributed by atoms with van der Waals surface area (Å²) in [5, 5.41) is 21.5. The van der Waals surface area contributed by atoms with Crippen LogP contribution in [0.5, 0.6) is 0 Å². The van der Waals surface area contributed by atoms with Crippen molar-refractivity contribution in [2.75, 3.05) is 7.05 Å². The van der Waals surface area contributed by atoms with Gasteiger partial charge in [0.15, 0.2) is 0 Å². The third-order valence-electron chi connectivity index (χ3n) is 3.16. The molecule has 0 aliphatic rings. The van der Waals surface area contributed by atoms with E-state index in [1.54, 1.807) is 20.8 Å². The maximum atomic E-state index is 11.6. The number of carbonyl (C=O) groups is 2. The van der Waals surface area contributed by atoms with Crippen molar-refractivity contribution in [1.82, 2.24) is 5.32 Å². The van der Waals surface area contributed by atoms with Crippen molar-refractivity contribution < 1.29 is 19.8 Å². The Morgan fingerprint density at radius 3 is 2.00 bits per heavy atom. The molecule has 0 aliphatic heterocycles. The van der Waals surface area contributed by atoms with Crippen molar-refractivity contribution in [3.05, 3.63) is 0 Å². The van der Waals surface area contributed by atoms with E-state index in [2.05, 4.69) is 5.32 Å². The summed E-state index contributed by atoms with van der Waals surface area (Å²) in [5.41, 5.74) is -2.80. The average Bonchev–Trinajstić information content (AvgIpc) is 2.15. The van der Waals surface area contributed by atoms with Crippen LogP contribution in [0.15, 0.2) is 0 Å². The average molecular weight is 231 g/mol. The van der Waals surface area contributed by atoms with Crippen LogP contribution in [0.1, 0.15) is 34.1 Å². The van der Waals surface area contributed by atoms with E-state index in [0.29, 0.717) is 0 Å². The molecule has 16 heavy (non-hydrogen) atoms. The van der Waals surface area contributed by atoms with Gasteiger partial charge < -0.3 is 15.5 Å². The Balaban J connectivity index is 5.12. The zero-order valence-corrected chi connectivity index (χ0v) is 10.5. The molecule has 2 unspecified atom stereocenters. The van der Waals surface area contributed by atoms with Crippen LogP contribution in [0.2, 0.25) is 0 Å². The smallest absolute Gasteiger partial charge is 0.319 e. The minimum Gasteiger partial charge on any atom is -0.480 e. The lowest BCUT2D eigenvalue weighted by atomic mass is 9.74. The Labute approximate surface area is 95.9 Å². The summed E-state index contributed by atoms with van der Waals surface area (Å²) in [6, 6.07) is 0. The molecular formula is C11H21NO4. The first-order valence-corrected chi connectivity index (χ1v) is 5.26. The Bertz CT molecular complexity index is 286. The van der Waals surface area contributed by atoms with E-state index in [9.17, 15) is 14.7 Å². The first-order chi connectivity index (χ1) is 7.08. The van der Waals surface area contributed by atoms with Gasteiger partial charge in [0.1, 0.15) is 5.41 Å². The standard InChI is InChI=1S/C11H21NO4/c1-7(2)11(4,16)6-10(3,9(14)15)8(13)12-5/h7,16H,6H2,1-5H3,(H,12,13)(H,14,15). The van der Waals surface area contributed by atoms with Gasteiger partial charge in [-0.1, -0.05) is 13.8 Å². The highest BCUT2D eigenvalue weighted by Gasteiger charge is 2.46. The van der Waals surface area contributed by atoms with E-state index in [0.717, 1.165) is 0 Å². The fourth-order valence-electron chi connectivity index (χ4n) is 1.45. The maximum absolute atomic E-state index is 11.6. The number of carboxylic acids is 1. The molecule has 5 nitrogen and oxygen atoms in total. The Morgan fingerprint density at radius 1 is 1.31 bits per heavy atom. The van der Waals surface area contributed by atoms with Crippen LogP contribution in [0.3, 0.4) is 0 Å². The first kappa shape index (κ1) is 14.9. The predicted molar refractivity (Wildman–Crippen MR) is 59.9 cm³/mol. The molecule has 0 heterocycles. The summed E-state index contributed by atoms with van der Waals surface area (Å²) < 4.78 is 0. The summed E-state index contributed by atoms with van der Waals surface area (Å²) in [7, 11) is 1.38. The third kappa shape index (κ3) is 2.95. The zero-order valence-electron chi connectivity index (χ0n) is 10.5. The molecule has 0 bridgehead atoms. The lowest BCUT2D eigenvalue weighted by molar-refractivity contribution is -0.160. The maximum Gasteiger partial charge on any atom is 0.319 e. The third-order valence-corrected chi connectivity index (χ3v) is 3.16. The van der Waals surface area contributed by atoms with Crippen LogP contribution < -0.4 is 5.32 Å². The molecule has 0 radical (unpaired) electrons. The second-order valence-corrected chi connectivity index (χ2v) is 4.91. The second-order valence-electron chi connectivity index (χ2n) is 4.91. The zero-order chi connectivity index (χ0) is 13.1. The van der Waals surface area contributed by atoms with E-state index in [4.69, 9.17) is 5.11 Å². The monoisotopic (exact) mass is 231 g/mol.